The Labute approximate surface area is 88.5 Å². The summed E-state index contributed by atoms with van der Waals surface area (Å²) in [6.45, 7) is 6.04. The number of hydrogen-bond donors (Lipinski definition) is 0. The summed E-state index contributed by atoms with van der Waals surface area (Å²) in [5, 5.41) is 0. The minimum Gasteiger partial charge on any atom is -0.297 e. The Kier molecular flexibility index (Phi) is 8.50. The molecular formula is C12H23N2. The van der Waals surface area contributed by atoms with Crippen LogP contribution >= 0.6 is 0 Å². The lowest BCUT2D eigenvalue weighted by Crippen LogP contribution is -2.01. The van der Waals surface area contributed by atoms with E-state index in [2.05, 4.69) is 23.8 Å². The van der Waals surface area contributed by atoms with Gasteiger partial charge in [0.2, 0.25) is 0 Å². The smallest absolute Gasteiger partial charge is 0.0276 e. The van der Waals surface area contributed by atoms with Crippen LogP contribution in [0.5, 0.6) is 0 Å². The first-order valence-electron chi connectivity index (χ1n) is 5.46. The highest BCUT2D eigenvalue weighted by atomic mass is 14.7. The van der Waals surface area contributed by atoms with E-state index in [4.69, 9.17) is 0 Å². The van der Waals surface area contributed by atoms with Crippen LogP contribution in [0.4, 0.5) is 0 Å². The van der Waals surface area contributed by atoms with Crippen LogP contribution in [0.1, 0.15) is 45.4 Å². The second-order valence-corrected chi connectivity index (χ2v) is 3.43. The summed E-state index contributed by atoms with van der Waals surface area (Å²) in [4.78, 5) is 8.48. The van der Waals surface area contributed by atoms with E-state index in [0.717, 1.165) is 32.1 Å². The van der Waals surface area contributed by atoms with E-state index in [1.54, 1.807) is 0 Å². The number of rotatable bonds is 7. The molecule has 0 rings (SSSR count). The molecule has 0 saturated carbocycles. The molecule has 0 spiro atoms. The van der Waals surface area contributed by atoms with Crippen LogP contribution in [-0.2, 0) is 0 Å². The Balaban J connectivity index is 3.71. The standard InChI is InChI=1S/C12H23N2/c1-5-8-12(14-4)10-7-9-11(6-2)13-3/h2,5-10H2,1,3-4H3. The topological polar surface area (TPSA) is 24.7 Å². The van der Waals surface area contributed by atoms with E-state index in [1.165, 1.54) is 17.8 Å². The first kappa shape index (κ1) is 13.3. The fraction of sp³-hybridized carbons (Fsp3) is 0.750. The summed E-state index contributed by atoms with van der Waals surface area (Å²) < 4.78 is 0. The molecule has 0 aromatic heterocycles. The number of hydrogen-bond acceptors (Lipinski definition) is 2. The van der Waals surface area contributed by atoms with Crippen LogP contribution < -0.4 is 0 Å². The lowest BCUT2D eigenvalue weighted by Gasteiger charge is -2.05. The van der Waals surface area contributed by atoms with Crippen LogP contribution in [0.15, 0.2) is 9.98 Å². The maximum atomic E-state index is 4.29. The molecule has 1 radical (unpaired) electrons. The van der Waals surface area contributed by atoms with Crippen molar-refractivity contribution in [2.75, 3.05) is 14.1 Å². The predicted octanol–water partition coefficient (Wildman–Crippen LogP) is 3.32. The predicted molar refractivity (Wildman–Crippen MR) is 65.5 cm³/mol. The van der Waals surface area contributed by atoms with Crippen LogP contribution in [-0.4, -0.2) is 25.5 Å². The van der Waals surface area contributed by atoms with Gasteiger partial charge in [-0.2, -0.15) is 0 Å². The van der Waals surface area contributed by atoms with Crippen molar-refractivity contribution >= 4 is 11.4 Å². The first-order chi connectivity index (χ1) is 6.78. The van der Waals surface area contributed by atoms with E-state index in [1.807, 2.05) is 14.1 Å². The van der Waals surface area contributed by atoms with Gasteiger partial charge in [0.15, 0.2) is 0 Å². The molecule has 81 valence electrons. The van der Waals surface area contributed by atoms with Gasteiger partial charge < -0.3 is 0 Å². The molecule has 0 aliphatic rings. The Morgan fingerprint density at radius 1 is 1.00 bits per heavy atom. The van der Waals surface area contributed by atoms with Crippen molar-refractivity contribution in [3.05, 3.63) is 6.92 Å². The van der Waals surface area contributed by atoms with Gasteiger partial charge in [-0.25, -0.2) is 0 Å². The molecule has 2 heteroatoms. The average Bonchev–Trinajstić information content (AvgIpc) is 2.23. The van der Waals surface area contributed by atoms with Gasteiger partial charge in [0.1, 0.15) is 0 Å². The van der Waals surface area contributed by atoms with E-state index >= 15 is 0 Å². The second kappa shape index (κ2) is 8.92. The largest absolute Gasteiger partial charge is 0.297 e. The van der Waals surface area contributed by atoms with Crippen molar-refractivity contribution in [3.8, 4) is 0 Å². The fourth-order valence-electron chi connectivity index (χ4n) is 1.48. The van der Waals surface area contributed by atoms with Crippen molar-refractivity contribution in [3.63, 3.8) is 0 Å². The Bertz CT molecular complexity index is 192. The molecular weight excluding hydrogens is 172 g/mol. The molecule has 0 aliphatic heterocycles. The zero-order chi connectivity index (χ0) is 10.8. The van der Waals surface area contributed by atoms with Crippen LogP contribution in [0, 0.1) is 6.92 Å². The minimum absolute atomic E-state index is 0.836. The van der Waals surface area contributed by atoms with Crippen LogP contribution in [0.3, 0.4) is 0 Å². The summed E-state index contributed by atoms with van der Waals surface area (Å²) in [7, 11) is 3.74. The van der Waals surface area contributed by atoms with Gasteiger partial charge in [-0.15, -0.1) is 0 Å². The highest BCUT2D eigenvalue weighted by Gasteiger charge is 1.99. The molecule has 0 saturated heterocycles. The lowest BCUT2D eigenvalue weighted by molar-refractivity contribution is 0.868. The van der Waals surface area contributed by atoms with E-state index in [0.29, 0.717) is 0 Å². The lowest BCUT2D eigenvalue weighted by atomic mass is 10.1. The Hall–Kier alpha value is -0.660. The molecule has 0 aromatic rings. The summed E-state index contributed by atoms with van der Waals surface area (Å²) in [5.74, 6) is 0. The summed E-state index contributed by atoms with van der Waals surface area (Å²) in [6.07, 6.45) is 6.51. The third-order valence-corrected chi connectivity index (χ3v) is 2.39. The number of aliphatic imine (C=N–C) groups is 2. The fourth-order valence-corrected chi connectivity index (χ4v) is 1.48. The summed E-state index contributed by atoms with van der Waals surface area (Å²) in [6, 6.07) is 0. The van der Waals surface area contributed by atoms with Crippen molar-refractivity contribution in [1.29, 1.82) is 0 Å². The van der Waals surface area contributed by atoms with Gasteiger partial charge in [-0.3, -0.25) is 9.98 Å². The third kappa shape index (κ3) is 5.90. The summed E-state index contributed by atoms with van der Waals surface area (Å²) >= 11 is 0. The SMILES string of the molecule is [CH2]CC(CCCC(CCC)=NC)=NC. The van der Waals surface area contributed by atoms with Gasteiger partial charge in [0.05, 0.1) is 0 Å². The van der Waals surface area contributed by atoms with Gasteiger partial charge in [0.25, 0.3) is 0 Å². The quantitative estimate of drug-likeness (QED) is 0.557. The second-order valence-electron chi connectivity index (χ2n) is 3.43. The van der Waals surface area contributed by atoms with E-state index in [9.17, 15) is 0 Å². The van der Waals surface area contributed by atoms with E-state index in [-0.39, 0.29) is 0 Å². The van der Waals surface area contributed by atoms with Crippen molar-refractivity contribution in [2.24, 2.45) is 9.98 Å². The normalized spacial score (nSPS) is 13.4. The van der Waals surface area contributed by atoms with Gasteiger partial charge in [0, 0.05) is 25.5 Å². The van der Waals surface area contributed by atoms with Crippen molar-refractivity contribution in [2.45, 2.75) is 45.4 Å². The van der Waals surface area contributed by atoms with Crippen molar-refractivity contribution < 1.29 is 0 Å². The minimum atomic E-state index is 0.836. The molecule has 0 N–H and O–H groups in total. The van der Waals surface area contributed by atoms with Gasteiger partial charge in [-0.1, -0.05) is 13.3 Å². The zero-order valence-electron chi connectivity index (χ0n) is 9.84. The van der Waals surface area contributed by atoms with Gasteiger partial charge in [-0.05, 0) is 39.0 Å². The molecule has 0 fully saturated rings. The van der Waals surface area contributed by atoms with Crippen LogP contribution in [0.2, 0.25) is 0 Å². The van der Waals surface area contributed by atoms with E-state index < -0.39 is 0 Å². The Morgan fingerprint density at radius 2 is 1.57 bits per heavy atom. The molecule has 0 aromatic carbocycles. The van der Waals surface area contributed by atoms with Gasteiger partial charge >= 0.3 is 0 Å². The molecule has 0 aliphatic carbocycles. The molecule has 14 heavy (non-hydrogen) atoms. The molecule has 2 nitrogen and oxygen atoms in total. The number of nitrogens with zero attached hydrogens (tertiary/aromatic N) is 2. The molecule has 0 amide bonds. The monoisotopic (exact) mass is 195 g/mol. The maximum Gasteiger partial charge on any atom is 0.0276 e. The summed E-state index contributed by atoms with van der Waals surface area (Å²) in [5.41, 5.74) is 2.56. The molecule has 0 unspecified atom stereocenters. The third-order valence-electron chi connectivity index (χ3n) is 2.39. The highest BCUT2D eigenvalue weighted by molar-refractivity contribution is 5.87. The average molecular weight is 195 g/mol. The molecule has 0 atom stereocenters. The highest BCUT2D eigenvalue weighted by Crippen LogP contribution is 2.05. The van der Waals surface area contributed by atoms with Crippen molar-refractivity contribution in [1.82, 2.24) is 0 Å². The Morgan fingerprint density at radius 3 is 2.00 bits per heavy atom. The molecule has 0 heterocycles. The first-order valence-corrected chi connectivity index (χ1v) is 5.46. The van der Waals surface area contributed by atoms with Crippen LogP contribution in [0.25, 0.3) is 0 Å². The zero-order valence-corrected chi connectivity index (χ0v) is 9.84. The molecule has 0 bridgehead atoms. The maximum absolute atomic E-state index is 4.29.